The molecule has 0 spiro atoms. The summed E-state index contributed by atoms with van der Waals surface area (Å²) in [5.74, 6) is -3.34. The lowest BCUT2D eigenvalue weighted by Gasteiger charge is -2.30. The van der Waals surface area contributed by atoms with Gasteiger partial charge < -0.3 is 36.6 Å². The number of amides is 6. The number of nitrogens with one attached hydrogen (secondary N) is 6. The Kier molecular flexibility index (Phi) is 12.8. The van der Waals surface area contributed by atoms with E-state index < -0.39 is 65.8 Å². The normalized spacial score (nSPS) is 26.2. The van der Waals surface area contributed by atoms with Crippen molar-refractivity contribution in [3.05, 3.63) is 52.8 Å². The molecule has 1 aromatic heterocycles. The summed E-state index contributed by atoms with van der Waals surface area (Å²) in [6.07, 6.45) is 4.57. The molecule has 1 aromatic carbocycles. The number of aryl methyl sites for hydroxylation is 1. The molecule has 7 N–H and O–H groups in total. The van der Waals surface area contributed by atoms with Gasteiger partial charge in [-0.3, -0.25) is 33.9 Å². The van der Waals surface area contributed by atoms with Crippen molar-refractivity contribution < 1.29 is 33.9 Å². The van der Waals surface area contributed by atoms with Gasteiger partial charge in [-0.25, -0.2) is 0 Å². The number of carbonyl (C=O) groups excluding carboxylic acids is 6. The first kappa shape index (κ1) is 37.5. The molecule has 0 unspecified atom stereocenters. The SMILES string of the molecule is CC[C@@H]1NC(=O)[C@@H](NC(=O)c2n[nH]c3c2CCCC3)CCCCNC(=O)[C@@H]2CCCN2C(=O)[C@@H](Cc2ccccc2)NC(=O)[C@H]([C@@H](C)O)NC1=O. The largest absolute Gasteiger partial charge is 0.391 e. The highest BCUT2D eigenvalue weighted by molar-refractivity contribution is 5.99. The second-order valence-corrected chi connectivity index (χ2v) is 13.7. The summed E-state index contributed by atoms with van der Waals surface area (Å²) in [5.41, 5.74) is 2.78. The average Bonchev–Trinajstić information content (AvgIpc) is 3.79. The zero-order valence-corrected chi connectivity index (χ0v) is 29.3. The number of aliphatic hydroxyl groups excluding tert-OH is 1. The fourth-order valence-electron chi connectivity index (χ4n) is 7.07. The van der Waals surface area contributed by atoms with Crippen LogP contribution in [0.1, 0.15) is 92.5 Å². The first-order valence-corrected chi connectivity index (χ1v) is 18.2. The Morgan fingerprint density at radius 1 is 0.902 bits per heavy atom. The van der Waals surface area contributed by atoms with Gasteiger partial charge in [0.05, 0.1) is 6.10 Å². The zero-order chi connectivity index (χ0) is 36.5. The predicted octanol–water partition coefficient (Wildman–Crippen LogP) is 0.166. The van der Waals surface area contributed by atoms with Crippen molar-refractivity contribution in [2.45, 2.75) is 121 Å². The van der Waals surface area contributed by atoms with Crippen molar-refractivity contribution in [2.75, 3.05) is 13.1 Å². The molecule has 2 saturated heterocycles. The van der Waals surface area contributed by atoms with Crippen molar-refractivity contribution in [3.63, 3.8) is 0 Å². The van der Waals surface area contributed by atoms with Crippen molar-refractivity contribution in [3.8, 4) is 0 Å². The van der Waals surface area contributed by atoms with Gasteiger partial charge in [0.25, 0.3) is 5.91 Å². The predicted molar refractivity (Wildman–Crippen MR) is 186 cm³/mol. The molecule has 2 aliphatic heterocycles. The van der Waals surface area contributed by atoms with Gasteiger partial charge in [0, 0.05) is 30.8 Å². The van der Waals surface area contributed by atoms with E-state index >= 15 is 0 Å². The summed E-state index contributed by atoms with van der Waals surface area (Å²) in [4.78, 5) is 83.3. The van der Waals surface area contributed by atoms with Gasteiger partial charge in [-0.2, -0.15) is 5.10 Å². The highest BCUT2D eigenvalue weighted by atomic mass is 16.3. The van der Waals surface area contributed by atoms with Crippen LogP contribution < -0.4 is 26.6 Å². The maximum atomic E-state index is 14.0. The summed E-state index contributed by atoms with van der Waals surface area (Å²) >= 11 is 0. The van der Waals surface area contributed by atoms with Crippen LogP contribution in [-0.2, 0) is 43.2 Å². The Hall–Kier alpha value is -4.79. The number of aromatic amines is 1. The van der Waals surface area contributed by atoms with E-state index in [9.17, 15) is 33.9 Å². The zero-order valence-electron chi connectivity index (χ0n) is 29.3. The number of nitrogens with zero attached hydrogens (tertiary/aromatic N) is 2. The molecule has 15 heteroatoms. The van der Waals surface area contributed by atoms with Crippen LogP contribution in [0, 0.1) is 0 Å². The van der Waals surface area contributed by atoms with Crippen LogP contribution in [0.5, 0.6) is 0 Å². The smallest absolute Gasteiger partial charge is 0.272 e. The molecule has 6 amide bonds. The topological polar surface area (TPSA) is 215 Å². The summed E-state index contributed by atoms with van der Waals surface area (Å²) in [5, 5.41) is 31.6. The molecular weight excluding hydrogens is 656 g/mol. The molecule has 6 atom stereocenters. The highest BCUT2D eigenvalue weighted by Crippen LogP contribution is 2.23. The number of aliphatic hydroxyl groups is 1. The second-order valence-electron chi connectivity index (χ2n) is 13.7. The quantitative estimate of drug-likeness (QED) is 0.219. The van der Waals surface area contributed by atoms with E-state index in [1.54, 1.807) is 6.92 Å². The Labute approximate surface area is 297 Å². The van der Waals surface area contributed by atoms with E-state index in [-0.39, 0.29) is 37.4 Å². The molecule has 15 nitrogen and oxygen atoms in total. The molecule has 0 bridgehead atoms. The number of H-pyrrole nitrogens is 1. The Morgan fingerprint density at radius 3 is 2.39 bits per heavy atom. The number of benzene rings is 1. The van der Waals surface area contributed by atoms with E-state index in [1.807, 2.05) is 30.3 Å². The number of hydrogen-bond donors (Lipinski definition) is 7. The molecular formula is C36H50N8O7. The standard InChI is InChI=1S/C36H50N8O7/c1-3-24-31(46)41-29(21(2)45)34(49)40-27(20-22-12-5-4-6-13-22)36(51)44-19-11-17-28(44)33(48)37-18-10-9-16-26(32(47)38-24)39-35(50)30-23-14-7-8-15-25(23)42-43-30/h4-6,12-13,21,24,26-29,45H,3,7-11,14-20H2,1-2H3,(H,37,48)(H,38,47)(H,39,50)(H,40,49)(H,41,46)(H,42,43)/t21-,24+,26+,27-,28+,29+/m1/s1. The third-order valence-corrected chi connectivity index (χ3v) is 9.95. The van der Waals surface area contributed by atoms with Crippen LogP contribution in [0.3, 0.4) is 0 Å². The first-order chi connectivity index (χ1) is 24.6. The van der Waals surface area contributed by atoms with E-state index in [4.69, 9.17) is 0 Å². The van der Waals surface area contributed by atoms with Crippen molar-refractivity contribution in [1.29, 1.82) is 0 Å². The van der Waals surface area contributed by atoms with Crippen LogP contribution in [0.4, 0.5) is 0 Å². The minimum absolute atomic E-state index is 0.124. The van der Waals surface area contributed by atoms with Gasteiger partial charge in [0.2, 0.25) is 29.5 Å². The molecule has 51 heavy (non-hydrogen) atoms. The number of carbonyl (C=O) groups is 6. The first-order valence-electron chi connectivity index (χ1n) is 18.2. The molecule has 5 rings (SSSR count). The minimum atomic E-state index is -1.46. The van der Waals surface area contributed by atoms with Crippen molar-refractivity contribution >= 4 is 35.4 Å². The number of hydrogen-bond acceptors (Lipinski definition) is 8. The molecule has 3 heterocycles. The van der Waals surface area contributed by atoms with Gasteiger partial charge in [-0.15, -0.1) is 0 Å². The highest BCUT2D eigenvalue weighted by Gasteiger charge is 2.39. The lowest BCUT2D eigenvalue weighted by atomic mass is 9.95. The summed E-state index contributed by atoms with van der Waals surface area (Å²) in [6.45, 7) is 3.65. The molecule has 0 radical (unpaired) electrons. The summed E-state index contributed by atoms with van der Waals surface area (Å²) in [7, 11) is 0. The van der Waals surface area contributed by atoms with Crippen LogP contribution >= 0.6 is 0 Å². The lowest BCUT2D eigenvalue weighted by molar-refractivity contribution is -0.142. The number of fused-ring (bicyclic) bond motifs is 2. The van der Waals surface area contributed by atoms with Gasteiger partial charge in [-0.1, -0.05) is 37.3 Å². The number of rotatable bonds is 6. The third-order valence-electron chi connectivity index (χ3n) is 9.95. The molecule has 276 valence electrons. The van der Waals surface area contributed by atoms with Gasteiger partial charge >= 0.3 is 0 Å². The van der Waals surface area contributed by atoms with Crippen LogP contribution in [-0.4, -0.2) is 105 Å². The van der Waals surface area contributed by atoms with E-state index in [0.717, 1.165) is 36.1 Å². The van der Waals surface area contributed by atoms with Gasteiger partial charge in [0.15, 0.2) is 5.69 Å². The molecule has 2 aromatic rings. The third kappa shape index (κ3) is 9.31. The Balaban J connectivity index is 1.39. The minimum Gasteiger partial charge on any atom is -0.391 e. The monoisotopic (exact) mass is 706 g/mol. The molecule has 1 aliphatic carbocycles. The van der Waals surface area contributed by atoms with Crippen molar-refractivity contribution in [2.24, 2.45) is 0 Å². The molecule has 2 fully saturated rings. The fourth-order valence-corrected chi connectivity index (χ4v) is 7.07. The van der Waals surface area contributed by atoms with Gasteiger partial charge in [-0.05, 0) is 76.7 Å². The van der Waals surface area contributed by atoms with Crippen LogP contribution in [0.25, 0.3) is 0 Å². The van der Waals surface area contributed by atoms with Crippen molar-refractivity contribution in [1.82, 2.24) is 41.7 Å². The van der Waals surface area contributed by atoms with E-state index in [2.05, 4.69) is 36.8 Å². The maximum Gasteiger partial charge on any atom is 0.272 e. The van der Waals surface area contributed by atoms with Crippen LogP contribution in [0.2, 0.25) is 0 Å². The lowest BCUT2D eigenvalue weighted by Crippen LogP contribution is -2.61. The summed E-state index contributed by atoms with van der Waals surface area (Å²) in [6, 6.07) is 3.71. The summed E-state index contributed by atoms with van der Waals surface area (Å²) < 4.78 is 0. The second kappa shape index (κ2) is 17.4. The van der Waals surface area contributed by atoms with Crippen LogP contribution in [0.15, 0.2) is 30.3 Å². The Morgan fingerprint density at radius 2 is 1.65 bits per heavy atom. The fraction of sp³-hybridized carbons (Fsp3) is 0.583. The average molecular weight is 707 g/mol. The molecule has 0 saturated carbocycles. The molecule has 3 aliphatic rings. The number of aromatic nitrogens is 2. The maximum absolute atomic E-state index is 14.0. The van der Waals surface area contributed by atoms with E-state index in [0.29, 0.717) is 38.6 Å². The van der Waals surface area contributed by atoms with E-state index in [1.165, 1.54) is 11.8 Å². The van der Waals surface area contributed by atoms with Gasteiger partial charge in [0.1, 0.15) is 30.2 Å². The Bertz CT molecular complexity index is 1580.